The van der Waals surface area contributed by atoms with E-state index >= 15 is 0 Å². The summed E-state index contributed by atoms with van der Waals surface area (Å²) in [5, 5.41) is 7.40. The van der Waals surface area contributed by atoms with Gasteiger partial charge in [-0.25, -0.2) is 0 Å². The van der Waals surface area contributed by atoms with Gasteiger partial charge >= 0.3 is 0 Å². The van der Waals surface area contributed by atoms with Crippen molar-refractivity contribution in [2.75, 3.05) is 26.2 Å². The molecule has 52 heavy (non-hydrogen) atoms. The summed E-state index contributed by atoms with van der Waals surface area (Å²) in [7, 11) is 0. The quantitative estimate of drug-likeness (QED) is 0.0837. The summed E-state index contributed by atoms with van der Waals surface area (Å²) in [4.78, 5) is 0. The van der Waals surface area contributed by atoms with Crippen LogP contribution >= 0.6 is 0 Å². The van der Waals surface area contributed by atoms with Gasteiger partial charge in [0.15, 0.2) is 0 Å². The van der Waals surface area contributed by atoms with E-state index in [2.05, 4.69) is 84.9 Å². The average molecular weight is 729 g/mol. The highest BCUT2D eigenvalue weighted by atomic mass is 14.9. The molecule has 308 valence electrons. The van der Waals surface area contributed by atoms with Crippen LogP contribution in [0.15, 0.2) is 25.4 Å². The molecule has 4 rings (SSSR count). The van der Waals surface area contributed by atoms with Crippen LogP contribution in [0.3, 0.4) is 0 Å². The second-order valence-electron chi connectivity index (χ2n) is 18.8. The molecule has 0 saturated heterocycles. The van der Waals surface area contributed by atoms with Gasteiger partial charge < -0.3 is 22.1 Å². The molecule has 4 heteroatoms. The second-order valence-corrected chi connectivity index (χ2v) is 18.8. The predicted octanol–water partition coefficient (Wildman–Crippen LogP) is 12.7. The number of rotatable bonds is 18. The van der Waals surface area contributed by atoms with Crippen LogP contribution in [0.1, 0.15) is 192 Å². The molecular weight excluding hydrogens is 633 g/mol. The van der Waals surface area contributed by atoms with E-state index < -0.39 is 0 Å². The summed E-state index contributed by atoms with van der Waals surface area (Å²) in [6.07, 6.45) is 27.5. The molecule has 0 radical (unpaired) electrons. The van der Waals surface area contributed by atoms with E-state index in [9.17, 15) is 0 Å². The van der Waals surface area contributed by atoms with Crippen molar-refractivity contribution in [3.8, 4) is 0 Å². The highest BCUT2D eigenvalue weighted by molar-refractivity contribution is 5.19. The fourth-order valence-corrected chi connectivity index (χ4v) is 12.8. The van der Waals surface area contributed by atoms with E-state index in [1.807, 2.05) is 20.8 Å². The Balaban J connectivity index is 0.00000155. The van der Waals surface area contributed by atoms with Crippen LogP contribution in [-0.2, 0) is 0 Å². The highest BCUT2D eigenvalue weighted by Gasteiger charge is 2.69. The van der Waals surface area contributed by atoms with Crippen molar-refractivity contribution >= 4 is 0 Å². The summed E-state index contributed by atoms with van der Waals surface area (Å²) < 4.78 is 0. The van der Waals surface area contributed by atoms with Gasteiger partial charge in [-0.15, -0.1) is 6.58 Å². The van der Waals surface area contributed by atoms with E-state index in [-0.39, 0.29) is 5.54 Å². The van der Waals surface area contributed by atoms with Crippen molar-refractivity contribution in [3.05, 3.63) is 25.4 Å². The van der Waals surface area contributed by atoms with Crippen molar-refractivity contribution in [2.24, 2.45) is 69.1 Å². The first kappa shape index (κ1) is 49.2. The van der Waals surface area contributed by atoms with Gasteiger partial charge in [-0.2, -0.15) is 0 Å². The number of fused-ring (bicyclic) bond motifs is 5. The molecule has 0 bridgehead atoms. The van der Waals surface area contributed by atoms with Crippen LogP contribution in [-0.4, -0.2) is 31.7 Å². The third kappa shape index (κ3) is 12.3. The lowest BCUT2D eigenvalue weighted by Crippen LogP contribution is -2.62. The van der Waals surface area contributed by atoms with E-state index in [0.717, 1.165) is 48.6 Å². The maximum absolute atomic E-state index is 7.87. The Hall–Kier alpha value is -0.840. The third-order valence-corrected chi connectivity index (χ3v) is 15.2. The minimum atomic E-state index is -0.00742. The topological polar surface area (TPSA) is 76.1 Å². The first-order valence-corrected chi connectivity index (χ1v) is 22.9. The molecule has 10 unspecified atom stereocenters. The molecule has 0 aliphatic heterocycles. The lowest BCUT2D eigenvalue weighted by molar-refractivity contribution is -0.191. The van der Waals surface area contributed by atoms with Gasteiger partial charge in [-0.3, -0.25) is 0 Å². The zero-order chi connectivity index (χ0) is 39.4. The van der Waals surface area contributed by atoms with Crippen LogP contribution in [0.4, 0.5) is 0 Å². The van der Waals surface area contributed by atoms with Crippen molar-refractivity contribution < 1.29 is 0 Å². The molecule has 0 aromatic heterocycles. The summed E-state index contributed by atoms with van der Waals surface area (Å²) in [6.45, 7) is 37.6. The lowest BCUT2D eigenvalue weighted by Gasteiger charge is -2.68. The molecule has 0 aromatic rings. The Labute approximate surface area is 327 Å². The van der Waals surface area contributed by atoms with E-state index in [4.69, 9.17) is 5.73 Å². The summed E-state index contributed by atoms with van der Waals surface area (Å²) in [5.74, 6) is 5.89. The Morgan fingerprint density at radius 2 is 1.37 bits per heavy atom. The summed E-state index contributed by atoms with van der Waals surface area (Å²) >= 11 is 0. The van der Waals surface area contributed by atoms with Gasteiger partial charge in [-0.05, 0) is 174 Å². The number of nitrogens with one attached hydrogen (secondary N) is 2. The van der Waals surface area contributed by atoms with E-state index in [1.54, 1.807) is 6.08 Å². The smallest absolute Gasteiger partial charge is 0.0188 e. The molecular formula is C48H96N4. The zero-order valence-corrected chi connectivity index (χ0v) is 37.3. The maximum Gasteiger partial charge on any atom is 0.0188 e. The molecule has 4 aliphatic carbocycles. The van der Waals surface area contributed by atoms with E-state index in [0.29, 0.717) is 22.2 Å². The largest absolute Gasteiger partial charge is 0.405 e. The molecule has 0 spiro atoms. The van der Waals surface area contributed by atoms with Gasteiger partial charge in [0, 0.05) is 5.54 Å². The third-order valence-electron chi connectivity index (χ3n) is 15.2. The number of nitrogens with two attached hydrogens (primary N) is 2. The minimum Gasteiger partial charge on any atom is -0.405 e. The Kier molecular flexibility index (Phi) is 23.3. The molecule has 4 aliphatic rings. The monoisotopic (exact) mass is 729 g/mol. The van der Waals surface area contributed by atoms with Gasteiger partial charge in [0.05, 0.1) is 0 Å². The number of hydrogen-bond donors (Lipinski definition) is 4. The van der Waals surface area contributed by atoms with Gasteiger partial charge in [-0.1, -0.05) is 120 Å². The molecule has 0 aromatic carbocycles. The van der Waals surface area contributed by atoms with Gasteiger partial charge in [0.1, 0.15) is 0 Å². The summed E-state index contributed by atoms with van der Waals surface area (Å²) in [6, 6.07) is 0. The van der Waals surface area contributed by atoms with Gasteiger partial charge in [0.25, 0.3) is 0 Å². The lowest BCUT2D eigenvalue weighted by atomic mass is 9.37. The maximum atomic E-state index is 7.87. The predicted molar refractivity (Wildman–Crippen MR) is 234 cm³/mol. The molecule has 4 fully saturated rings. The Morgan fingerprint density at radius 1 is 0.808 bits per heavy atom. The number of allylic oxidation sites excluding steroid dienone is 1. The SMILES string of the molecule is C=CC.C=CN.CC.CCCCNCCCCNCCCC(N)(CCCC(C)C)C1C(CC)CC2(C)C1CCC1C3(C)CCCC(C)C3CCC12C. The molecule has 4 saturated carbocycles. The number of unbranched alkanes of at least 4 members (excludes halogenated alkanes) is 2. The molecule has 0 heterocycles. The van der Waals surface area contributed by atoms with Crippen molar-refractivity contribution in [1.82, 2.24) is 10.6 Å². The van der Waals surface area contributed by atoms with Crippen LogP contribution < -0.4 is 22.1 Å². The molecule has 10 atom stereocenters. The first-order chi connectivity index (χ1) is 24.8. The van der Waals surface area contributed by atoms with Crippen LogP contribution in [0, 0.1) is 57.7 Å². The van der Waals surface area contributed by atoms with Crippen molar-refractivity contribution in [2.45, 2.75) is 197 Å². The van der Waals surface area contributed by atoms with Crippen LogP contribution in [0.5, 0.6) is 0 Å². The Bertz CT molecular complexity index is 943. The standard InChI is InChI=1S/C41H79N3.C3H6.C2H5N.C2H6/c1-9-11-26-43-27-12-13-28-44-29-16-24-41(42,23-14-17-31(3)4)37-33(10-2)30-40(8)35(37)19-20-36-38(6)22-15-18-32(5)34(38)21-25-39(36,40)7;1-3-2;1-2-3;1-2/h31-37,43-44H,9-30,42H2,1-8H3;3H,1H2,2H3;2H,1,3H2;1-2H3. The molecule has 6 N–H and O–H groups in total. The Morgan fingerprint density at radius 3 is 1.92 bits per heavy atom. The fourth-order valence-electron chi connectivity index (χ4n) is 12.8. The second kappa shape index (κ2) is 24.6. The van der Waals surface area contributed by atoms with Crippen molar-refractivity contribution in [3.63, 3.8) is 0 Å². The average Bonchev–Trinajstić information content (AvgIpc) is 3.42. The van der Waals surface area contributed by atoms with Crippen molar-refractivity contribution in [1.29, 1.82) is 0 Å². The normalized spacial score (nSPS) is 34.4. The first-order valence-electron chi connectivity index (χ1n) is 22.9. The number of hydrogen-bond acceptors (Lipinski definition) is 4. The molecule has 4 nitrogen and oxygen atoms in total. The van der Waals surface area contributed by atoms with E-state index in [1.165, 1.54) is 135 Å². The zero-order valence-electron chi connectivity index (χ0n) is 37.3. The van der Waals surface area contributed by atoms with Crippen LogP contribution in [0.2, 0.25) is 0 Å². The summed E-state index contributed by atoms with van der Waals surface area (Å²) in [5.41, 5.74) is 14.0. The van der Waals surface area contributed by atoms with Gasteiger partial charge in [0.2, 0.25) is 0 Å². The van der Waals surface area contributed by atoms with Crippen LogP contribution in [0.25, 0.3) is 0 Å². The highest BCUT2D eigenvalue weighted by Crippen LogP contribution is 2.76. The fraction of sp³-hybridized carbons (Fsp3) is 0.917. The molecule has 0 amide bonds. The minimum absolute atomic E-state index is 0.00742.